The summed E-state index contributed by atoms with van der Waals surface area (Å²) in [4.78, 5) is 23.6. The van der Waals surface area contributed by atoms with Gasteiger partial charge in [0.15, 0.2) is 0 Å². The van der Waals surface area contributed by atoms with Crippen molar-refractivity contribution in [1.82, 2.24) is 0 Å². The van der Waals surface area contributed by atoms with E-state index >= 15 is 0 Å². The van der Waals surface area contributed by atoms with E-state index in [9.17, 15) is 9.59 Å². The molecule has 1 N–H and O–H groups in total. The van der Waals surface area contributed by atoms with Gasteiger partial charge in [-0.3, -0.25) is 4.79 Å². The van der Waals surface area contributed by atoms with Crippen LogP contribution in [0.25, 0.3) is 11.0 Å². The minimum absolute atomic E-state index is 0.148. The van der Waals surface area contributed by atoms with Gasteiger partial charge in [-0.1, -0.05) is 11.6 Å². The van der Waals surface area contributed by atoms with E-state index in [1.165, 1.54) is 7.11 Å². The zero-order valence-corrected chi connectivity index (χ0v) is 13.5. The van der Waals surface area contributed by atoms with Crippen molar-refractivity contribution in [3.05, 3.63) is 65.4 Å². The highest BCUT2D eigenvalue weighted by atomic mass is 16.5. The summed E-state index contributed by atoms with van der Waals surface area (Å²) in [6.45, 7) is 2.00. The van der Waals surface area contributed by atoms with E-state index in [0.717, 1.165) is 22.1 Å². The summed E-state index contributed by atoms with van der Waals surface area (Å²) >= 11 is 0. The van der Waals surface area contributed by atoms with Gasteiger partial charge in [0.25, 0.3) is 0 Å². The number of nitrogens with one attached hydrogen (secondary N) is 1. The smallest absolute Gasteiger partial charge is 0.337 e. The van der Waals surface area contributed by atoms with Gasteiger partial charge in [-0.25, -0.2) is 4.79 Å². The van der Waals surface area contributed by atoms with Gasteiger partial charge in [-0.05, 0) is 43.3 Å². The predicted molar refractivity (Wildman–Crippen MR) is 91.1 cm³/mol. The van der Waals surface area contributed by atoms with E-state index < -0.39 is 5.97 Å². The highest BCUT2D eigenvalue weighted by Crippen LogP contribution is 2.23. The first-order valence-electron chi connectivity index (χ1n) is 7.52. The molecular formula is C19H17NO4. The third kappa shape index (κ3) is 3.30. The Balaban J connectivity index is 1.71. The van der Waals surface area contributed by atoms with Gasteiger partial charge in [0, 0.05) is 16.6 Å². The van der Waals surface area contributed by atoms with Crippen LogP contribution in [0.1, 0.15) is 21.5 Å². The van der Waals surface area contributed by atoms with Crippen molar-refractivity contribution in [3.63, 3.8) is 0 Å². The van der Waals surface area contributed by atoms with E-state index in [2.05, 4.69) is 10.1 Å². The van der Waals surface area contributed by atoms with Crippen LogP contribution >= 0.6 is 0 Å². The number of rotatable bonds is 4. The molecule has 1 aromatic heterocycles. The molecule has 1 heterocycles. The van der Waals surface area contributed by atoms with E-state index in [-0.39, 0.29) is 12.3 Å². The van der Waals surface area contributed by atoms with E-state index in [4.69, 9.17) is 4.42 Å². The molecule has 0 aliphatic rings. The fourth-order valence-electron chi connectivity index (χ4n) is 2.52. The fraction of sp³-hybridized carbons (Fsp3) is 0.158. The number of esters is 1. The lowest BCUT2D eigenvalue weighted by Crippen LogP contribution is -2.14. The van der Waals surface area contributed by atoms with Crippen molar-refractivity contribution in [1.29, 1.82) is 0 Å². The largest absolute Gasteiger partial charge is 0.465 e. The van der Waals surface area contributed by atoms with Crippen LogP contribution in [0.4, 0.5) is 5.69 Å². The Morgan fingerprint density at radius 2 is 1.88 bits per heavy atom. The number of methoxy groups -OCH3 is 1. The maximum atomic E-state index is 12.2. The van der Waals surface area contributed by atoms with Crippen LogP contribution in [0.3, 0.4) is 0 Å². The zero-order chi connectivity index (χ0) is 17.1. The SMILES string of the molecule is COC(=O)c1ccc(NC(=O)Cc2coc3ccc(C)cc23)cc1. The summed E-state index contributed by atoms with van der Waals surface area (Å²) in [6.07, 6.45) is 1.83. The highest BCUT2D eigenvalue weighted by molar-refractivity contribution is 5.96. The molecule has 0 aliphatic carbocycles. The van der Waals surface area contributed by atoms with Gasteiger partial charge in [0.2, 0.25) is 5.91 Å². The molecule has 3 rings (SSSR count). The van der Waals surface area contributed by atoms with Crippen molar-refractivity contribution in [2.24, 2.45) is 0 Å². The second kappa shape index (κ2) is 6.58. The van der Waals surface area contributed by atoms with Gasteiger partial charge >= 0.3 is 5.97 Å². The Hall–Kier alpha value is -3.08. The second-order valence-electron chi connectivity index (χ2n) is 5.55. The first-order chi connectivity index (χ1) is 11.6. The zero-order valence-electron chi connectivity index (χ0n) is 13.5. The average molecular weight is 323 g/mol. The van der Waals surface area contributed by atoms with Gasteiger partial charge in [0.05, 0.1) is 25.4 Å². The lowest BCUT2D eigenvalue weighted by molar-refractivity contribution is -0.115. The highest BCUT2D eigenvalue weighted by Gasteiger charge is 2.11. The average Bonchev–Trinajstić information content (AvgIpc) is 2.97. The lowest BCUT2D eigenvalue weighted by atomic mass is 10.1. The number of carbonyl (C=O) groups excluding carboxylic acids is 2. The maximum absolute atomic E-state index is 12.2. The topological polar surface area (TPSA) is 68.5 Å². The number of fused-ring (bicyclic) bond motifs is 1. The second-order valence-corrected chi connectivity index (χ2v) is 5.55. The van der Waals surface area contributed by atoms with Crippen LogP contribution in [0, 0.1) is 6.92 Å². The molecule has 0 saturated heterocycles. The summed E-state index contributed by atoms with van der Waals surface area (Å²) in [7, 11) is 1.33. The molecule has 3 aromatic rings. The number of hydrogen-bond acceptors (Lipinski definition) is 4. The number of amides is 1. The molecule has 24 heavy (non-hydrogen) atoms. The standard InChI is InChI=1S/C19H17NO4/c1-12-3-8-17-16(9-12)14(11-24-17)10-18(21)20-15-6-4-13(5-7-15)19(22)23-2/h3-9,11H,10H2,1-2H3,(H,20,21). The number of furan rings is 1. The molecule has 0 spiro atoms. The van der Waals surface area contributed by atoms with Gasteiger partial charge in [-0.15, -0.1) is 0 Å². The normalized spacial score (nSPS) is 10.6. The third-order valence-corrected chi connectivity index (χ3v) is 3.75. The van der Waals surface area contributed by atoms with Crippen molar-refractivity contribution in [2.75, 3.05) is 12.4 Å². The number of benzene rings is 2. The number of aryl methyl sites for hydroxylation is 1. The summed E-state index contributed by atoms with van der Waals surface area (Å²) in [6, 6.07) is 12.4. The van der Waals surface area contributed by atoms with Crippen molar-refractivity contribution in [2.45, 2.75) is 13.3 Å². The number of anilines is 1. The van der Waals surface area contributed by atoms with Gasteiger partial charge < -0.3 is 14.5 Å². The minimum atomic E-state index is -0.409. The Labute approximate surface area is 139 Å². The van der Waals surface area contributed by atoms with Gasteiger partial charge in [-0.2, -0.15) is 0 Å². The summed E-state index contributed by atoms with van der Waals surface area (Å²) in [5.74, 6) is -0.557. The Bertz CT molecular complexity index is 893. The first-order valence-corrected chi connectivity index (χ1v) is 7.52. The van der Waals surface area contributed by atoms with Crippen molar-refractivity contribution >= 4 is 28.5 Å². The number of ether oxygens (including phenoxy) is 1. The molecule has 2 aromatic carbocycles. The van der Waals surface area contributed by atoms with E-state index in [1.54, 1.807) is 30.5 Å². The third-order valence-electron chi connectivity index (χ3n) is 3.75. The number of hydrogen-bond donors (Lipinski definition) is 1. The van der Waals surface area contributed by atoms with Crippen LogP contribution in [0.5, 0.6) is 0 Å². The lowest BCUT2D eigenvalue weighted by Gasteiger charge is -2.05. The first kappa shape index (κ1) is 15.8. The quantitative estimate of drug-likeness (QED) is 0.743. The Morgan fingerprint density at radius 3 is 2.58 bits per heavy atom. The van der Waals surface area contributed by atoms with Crippen molar-refractivity contribution < 1.29 is 18.7 Å². The molecule has 0 atom stereocenters. The molecule has 0 fully saturated rings. The minimum Gasteiger partial charge on any atom is -0.465 e. The van der Waals surface area contributed by atoms with Crippen molar-refractivity contribution in [3.8, 4) is 0 Å². The van der Waals surface area contributed by atoms with Gasteiger partial charge in [0.1, 0.15) is 5.58 Å². The molecule has 122 valence electrons. The monoisotopic (exact) mass is 323 g/mol. The molecule has 1 amide bonds. The van der Waals surface area contributed by atoms with E-state index in [0.29, 0.717) is 11.3 Å². The molecule has 5 heteroatoms. The maximum Gasteiger partial charge on any atom is 0.337 e. The van der Waals surface area contributed by atoms with Crippen LogP contribution in [0.15, 0.2) is 53.1 Å². The molecule has 5 nitrogen and oxygen atoms in total. The summed E-state index contributed by atoms with van der Waals surface area (Å²) < 4.78 is 10.1. The molecular weight excluding hydrogens is 306 g/mol. The molecule has 0 saturated carbocycles. The van der Waals surface area contributed by atoms with Crippen LogP contribution < -0.4 is 5.32 Å². The summed E-state index contributed by atoms with van der Waals surface area (Å²) in [5.41, 5.74) is 3.79. The summed E-state index contributed by atoms with van der Waals surface area (Å²) in [5, 5.41) is 3.76. The van der Waals surface area contributed by atoms with Crippen LogP contribution in [0.2, 0.25) is 0 Å². The molecule has 0 unspecified atom stereocenters. The Morgan fingerprint density at radius 1 is 1.12 bits per heavy atom. The fourth-order valence-corrected chi connectivity index (χ4v) is 2.52. The molecule has 0 bridgehead atoms. The predicted octanol–water partition coefficient (Wildman–Crippen LogP) is 3.71. The van der Waals surface area contributed by atoms with Crippen LogP contribution in [-0.4, -0.2) is 19.0 Å². The molecule has 0 radical (unpaired) electrons. The Kier molecular flexibility index (Phi) is 4.33. The van der Waals surface area contributed by atoms with E-state index in [1.807, 2.05) is 25.1 Å². The molecule has 0 aliphatic heterocycles. The number of carbonyl (C=O) groups is 2. The van der Waals surface area contributed by atoms with Crippen LogP contribution in [-0.2, 0) is 16.0 Å².